The molecule has 0 atom stereocenters. The second kappa shape index (κ2) is 10.5. The van der Waals surface area contributed by atoms with Gasteiger partial charge < -0.3 is 4.42 Å². The molecule has 0 bridgehead atoms. The maximum atomic E-state index is 6.47. The van der Waals surface area contributed by atoms with Gasteiger partial charge in [-0.05, 0) is 105 Å². The number of furan rings is 1. The van der Waals surface area contributed by atoms with Crippen molar-refractivity contribution in [1.29, 1.82) is 0 Å². The first-order valence-electron chi connectivity index (χ1n) is 16.1. The molecule has 10 rings (SSSR count). The van der Waals surface area contributed by atoms with Crippen LogP contribution in [0.4, 0.5) is 17.2 Å². The fraction of sp³-hybridized carbons (Fsp3) is 0. The van der Waals surface area contributed by atoms with Crippen LogP contribution < -0.4 is 4.90 Å². The molecular weight excluding hydrogens is 587 g/mol. The van der Waals surface area contributed by atoms with Gasteiger partial charge >= 0.3 is 0 Å². The Labute approximate surface area is 276 Å². The molecule has 3 heterocycles. The molecule has 0 N–H and O–H groups in total. The van der Waals surface area contributed by atoms with Crippen LogP contribution in [0.1, 0.15) is 0 Å². The second-order valence-corrected chi connectivity index (χ2v) is 12.3. The Morgan fingerprint density at radius 1 is 0.417 bits per heavy atom. The van der Waals surface area contributed by atoms with Crippen LogP contribution in [0.5, 0.6) is 0 Å². The Morgan fingerprint density at radius 2 is 1.06 bits per heavy atom. The largest absolute Gasteiger partial charge is 0.456 e. The average molecular weight is 614 g/mol. The van der Waals surface area contributed by atoms with Gasteiger partial charge in [0.2, 0.25) is 0 Å². The normalized spacial score (nSPS) is 11.8. The van der Waals surface area contributed by atoms with Crippen LogP contribution in [-0.2, 0) is 0 Å². The van der Waals surface area contributed by atoms with Crippen LogP contribution in [0, 0.1) is 0 Å². The van der Waals surface area contributed by atoms with E-state index >= 15 is 0 Å². The molecule has 7 aromatic carbocycles. The Morgan fingerprint density at radius 3 is 1.96 bits per heavy atom. The van der Waals surface area contributed by atoms with Gasteiger partial charge in [-0.1, -0.05) is 78.9 Å². The van der Waals surface area contributed by atoms with Crippen LogP contribution in [0.25, 0.3) is 76.4 Å². The molecule has 0 aliphatic heterocycles. The first kappa shape index (κ1) is 26.7. The number of para-hydroxylation sites is 1. The van der Waals surface area contributed by atoms with E-state index in [4.69, 9.17) is 9.40 Å². The van der Waals surface area contributed by atoms with Gasteiger partial charge in [0.05, 0.1) is 16.7 Å². The number of fused-ring (bicyclic) bond motifs is 7. The van der Waals surface area contributed by atoms with Crippen molar-refractivity contribution in [1.82, 2.24) is 9.97 Å². The molecule has 0 saturated heterocycles. The lowest BCUT2D eigenvalue weighted by Gasteiger charge is -2.25. The highest BCUT2D eigenvalue weighted by Gasteiger charge is 2.18. The summed E-state index contributed by atoms with van der Waals surface area (Å²) in [6.07, 6.45) is 1.83. The molecule has 4 heteroatoms. The van der Waals surface area contributed by atoms with E-state index in [0.717, 1.165) is 66.3 Å². The number of rotatable bonds is 4. The van der Waals surface area contributed by atoms with Gasteiger partial charge in [-0.15, -0.1) is 0 Å². The van der Waals surface area contributed by atoms with E-state index in [2.05, 4.69) is 149 Å². The summed E-state index contributed by atoms with van der Waals surface area (Å²) >= 11 is 0. The Balaban J connectivity index is 1.11. The maximum Gasteiger partial charge on any atom is 0.138 e. The minimum Gasteiger partial charge on any atom is -0.456 e. The van der Waals surface area contributed by atoms with E-state index in [-0.39, 0.29) is 0 Å². The molecule has 0 amide bonds. The van der Waals surface area contributed by atoms with Gasteiger partial charge in [0.15, 0.2) is 0 Å². The van der Waals surface area contributed by atoms with Gasteiger partial charge in [0.25, 0.3) is 0 Å². The van der Waals surface area contributed by atoms with Gasteiger partial charge in [-0.3, -0.25) is 9.88 Å². The molecule has 48 heavy (non-hydrogen) atoms. The predicted molar refractivity (Wildman–Crippen MR) is 199 cm³/mol. The number of aromatic nitrogens is 2. The van der Waals surface area contributed by atoms with Crippen LogP contribution >= 0.6 is 0 Å². The number of hydrogen-bond donors (Lipinski definition) is 0. The first-order chi connectivity index (χ1) is 23.7. The lowest BCUT2D eigenvalue weighted by Crippen LogP contribution is -2.11. The summed E-state index contributed by atoms with van der Waals surface area (Å²) in [6.45, 7) is 0. The monoisotopic (exact) mass is 613 g/mol. The van der Waals surface area contributed by atoms with E-state index in [1.54, 1.807) is 0 Å². The van der Waals surface area contributed by atoms with Crippen LogP contribution in [-0.4, -0.2) is 9.97 Å². The van der Waals surface area contributed by atoms with Crippen molar-refractivity contribution >= 4 is 82.5 Å². The van der Waals surface area contributed by atoms with E-state index in [9.17, 15) is 0 Å². The van der Waals surface area contributed by atoms with Crippen molar-refractivity contribution in [2.75, 3.05) is 4.90 Å². The highest BCUT2D eigenvalue weighted by molar-refractivity contribution is 6.10. The smallest absolute Gasteiger partial charge is 0.138 e. The number of nitrogens with zero attached hydrogens (tertiary/aromatic N) is 3. The predicted octanol–water partition coefficient (Wildman–Crippen LogP) is 12.1. The highest BCUT2D eigenvalue weighted by atomic mass is 16.3. The first-order valence-corrected chi connectivity index (χ1v) is 16.1. The third-order valence-electron chi connectivity index (χ3n) is 9.42. The van der Waals surface area contributed by atoms with Crippen molar-refractivity contribution in [2.24, 2.45) is 0 Å². The molecule has 4 nitrogen and oxygen atoms in total. The molecule has 0 spiro atoms. The molecule has 3 aromatic heterocycles. The molecule has 0 aliphatic rings. The zero-order chi connectivity index (χ0) is 31.6. The summed E-state index contributed by atoms with van der Waals surface area (Å²) in [5, 5.41) is 9.13. The molecule has 224 valence electrons. The Bertz CT molecular complexity index is 2870. The summed E-state index contributed by atoms with van der Waals surface area (Å²) in [6, 6.07) is 55.7. The maximum absolute atomic E-state index is 6.47. The van der Waals surface area contributed by atoms with E-state index in [1.807, 2.05) is 24.4 Å². The molecule has 0 aliphatic carbocycles. The minimum atomic E-state index is 0.824. The van der Waals surface area contributed by atoms with E-state index in [0.29, 0.717) is 0 Å². The summed E-state index contributed by atoms with van der Waals surface area (Å²) in [4.78, 5) is 11.9. The van der Waals surface area contributed by atoms with Crippen molar-refractivity contribution in [3.05, 3.63) is 164 Å². The highest BCUT2D eigenvalue weighted by Crippen LogP contribution is 2.40. The third kappa shape index (κ3) is 4.38. The zero-order valence-corrected chi connectivity index (χ0v) is 25.8. The number of pyridine rings is 2. The summed E-state index contributed by atoms with van der Waals surface area (Å²) < 4.78 is 6.47. The standard InChI is InChI=1S/C44H27N3O/c1-2-8-30-22-31(12-11-28(30)6-1)32-13-14-34-24-36(17-15-33(34)23-32)47(44-20-16-29-7-3-4-10-40(29)46-44)37-18-19-38-39-27-41-35(9-5-21-45-41)25-42(39)48-43(38)26-37/h1-27H. The number of anilines is 3. The van der Waals surface area contributed by atoms with Gasteiger partial charge in [0, 0.05) is 39.5 Å². The number of hydrogen-bond acceptors (Lipinski definition) is 4. The van der Waals surface area contributed by atoms with Crippen LogP contribution in [0.15, 0.2) is 168 Å². The van der Waals surface area contributed by atoms with Gasteiger partial charge in [0.1, 0.15) is 17.0 Å². The van der Waals surface area contributed by atoms with Crippen molar-refractivity contribution < 1.29 is 4.42 Å². The molecule has 0 unspecified atom stereocenters. The molecule has 0 saturated carbocycles. The zero-order valence-electron chi connectivity index (χ0n) is 25.8. The van der Waals surface area contributed by atoms with Crippen molar-refractivity contribution in [3.63, 3.8) is 0 Å². The summed E-state index contributed by atoms with van der Waals surface area (Å²) in [5.41, 5.74) is 7.99. The quantitative estimate of drug-likeness (QED) is 0.198. The molecule has 0 fully saturated rings. The molecule has 0 radical (unpaired) electrons. The van der Waals surface area contributed by atoms with E-state index < -0.39 is 0 Å². The summed E-state index contributed by atoms with van der Waals surface area (Å²) in [5.74, 6) is 0.839. The van der Waals surface area contributed by atoms with E-state index in [1.165, 1.54) is 27.3 Å². The van der Waals surface area contributed by atoms with Crippen LogP contribution in [0.3, 0.4) is 0 Å². The lowest BCUT2D eigenvalue weighted by molar-refractivity contribution is 0.669. The summed E-state index contributed by atoms with van der Waals surface area (Å²) in [7, 11) is 0. The van der Waals surface area contributed by atoms with Crippen LogP contribution in [0.2, 0.25) is 0 Å². The molecule has 10 aromatic rings. The SMILES string of the molecule is c1ccc2cc(-c3ccc4cc(N(c5ccc6c(c5)oc5cc7cccnc7cc56)c5ccc6ccccc6n5)ccc4c3)ccc2c1. The molecular formula is C44H27N3O. The van der Waals surface area contributed by atoms with Gasteiger partial charge in [-0.2, -0.15) is 0 Å². The fourth-order valence-electron chi connectivity index (χ4n) is 6.98. The number of benzene rings is 7. The lowest BCUT2D eigenvalue weighted by atomic mass is 9.98. The Hall–Kier alpha value is -6.52. The Kier molecular flexibility index (Phi) is 5.84. The fourth-order valence-corrected chi connectivity index (χ4v) is 6.98. The topological polar surface area (TPSA) is 42.2 Å². The third-order valence-corrected chi connectivity index (χ3v) is 9.42. The average Bonchev–Trinajstić information content (AvgIpc) is 3.50. The van der Waals surface area contributed by atoms with Crippen molar-refractivity contribution in [3.8, 4) is 11.1 Å². The van der Waals surface area contributed by atoms with Crippen molar-refractivity contribution in [2.45, 2.75) is 0 Å². The second-order valence-electron chi connectivity index (χ2n) is 12.3. The minimum absolute atomic E-state index is 0.824. The van der Waals surface area contributed by atoms with Gasteiger partial charge in [-0.25, -0.2) is 4.98 Å².